The van der Waals surface area contributed by atoms with Crippen molar-refractivity contribution in [2.75, 3.05) is 0 Å². The van der Waals surface area contributed by atoms with Crippen molar-refractivity contribution in [2.45, 2.75) is 38.8 Å². The van der Waals surface area contributed by atoms with Crippen LogP contribution >= 0.6 is 0 Å². The average Bonchev–Trinajstić information content (AvgIpc) is 3.00. The van der Waals surface area contributed by atoms with Crippen molar-refractivity contribution in [2.24, 2.45) is 5.92 Å². The Bertz CT molecular complexity index is 320. The maximum Gasteiger partial charge on any atom is 0.120 e. The molecule has 1 aromatic rings. The van der Waals surface area contributed by atoms with Crippen LogP contribution in [0.3, 0.4) is 0 Å². The van der Waals surface area contributed by atoms with E-state index in [-0.39, 0.29) is 0 Å². The lowest BCUT2D eigenvalue weighted by molar-refractivity contribution is 0.450. The summed E-state index contributed by atoms with van der Waals surface area (Å²) in [5.41, 5.74) is 0.986. The Morgan fingerprint density at radius 2 is 2.13 bits per heavy atom. The summed E-state index contributed by atoms with van der Waals surface area (Å²) in [5, 5.41) is 13.0. The summed E-state index contributed by atoms with van der Waals surface area (Å²) in [5.74, 6) is 1.35. The number of nitrogens with one attached hydrogen (secondary N) is 1. The highest BCUT2D eigenvalue weighted by Crippen LogP contribution is 2.33. The van der Waals surface area contributed by atoms with E-state index in [1.165, 1.54) is 19.3 Å². The number of phenolic OH excluding ortho intramolecular Hbond substituents is 1. The van der Waals surface area contributed by atoms with Crippen LogP contribution in [0.2, 0.25) is 0 Å². The standard InChI is InChI=1S/C13H19NO/c1-10(8-11-6-7-11)14-9-12-4-2-3-5-13(12)15/h2-5,10-11,14-15H,6-9H2,1H3. The first-order chi connectivity index (χ1) is 7.25. The fraction of sp³-hybridized carbons (Fsp3) is 0.538. The number of hydrogen-bond acceptors (Lipinski definition) is 2. The molecule has 1 aromatic carbocycles. The fourth-order valence-corrected chi connectivity index (χ4v) is 1.88. The van der Waals surface area contributed by atoms with Crippen LogP contribution in [0.5, 0.6) is 5.75 Å². The molecule has 2 rings (SSSR count). The molecule has 2 N–H and O–H groups in total. The summed E-state index contributed by atoms with van der Waals surface area (Å²) in [6.45, 7) is 2.98. The Hall–Kier alpha value is -1.02. The molecule has 1 unspecified atom stereocenters. The van der Waals surface area contributed by atoms with Crippen LogP contribution < -0.4 is 5.32 Å². The lowest BCUT2D eigenvalue weighted by Crippen LogP contribution is -2.25. The number of aromatic hydroxyl groups is 1. The van der Waals surface area contributed by atoms with Crippen molar-refractivity contribution in [1.82, 2.24) is 5.32 Å². The number of hydrogen-bond donors (Lipinski definition) is 2. The molecule has 1 aliphatic rings. The highest BCUT2D eigenvalue weighted by Gasteiger charge is 2.23. The first kappa shape index (κ1) is 10.5. The van der Waals surface area contributed by atoms with Crippen LogP contribution in [-0.2, 0) is 6.54 Å². The van der Waals surface area contributed by atoms with Gasteiger partial charge in [0.1, 0.15) is 5.75 Å². The molecule has 0 aliphatic heterocycles. The van der Waals surface area contributed by atoms with Crippen molar-refractivity contribution < 1.29 is 5.11 Å². The van der Waals surface area contributed by atoms with Gasteiger partial charge in [-0.2, -0.15) is 0 Å². The number of benzene rings is 1. The summed E-state index contributed by atoms with van der Waals surface area (Å²) in [4.78, 5) is 0. The minimum Gasteiger partial charge on any atom is -0.508 e. The summed E-state index contributed by atoms with van der Waals surface area (Å²) in [6.07, 6.45) is 4.08. The van der Waals surface area contributed by atoms with Gasteiger partial charge < -0.3 is 10.4 Å². The predicted molar refractivity (Wildman–Crippen MR) is 61.7 cm³/mol. The second-order valence-electron chi connectivity index (χ2n) is 4.59. The van der Waals surface area contributed by atoms with E-state index in [0.29, 0.717) is 11.8 Å². The fourth-order valence-electron chi connectivity index (χ4n) is 1.88. The van der Waals surface area contributed by atoms with Crippen molar-refractivity contribution in [3.05, 3.63) is 29.8 Å². The smallest absolute Gasteiger partial charge is 0.120 e. The molecule has 0 amide bonds. The van der Waals surface area contributed by atoms with Gasteiger partial charge in [-0.3, -0.25) is 0 Å². The van der Waals surface area contributed by atoms with Crippen LogP contribution in [0.1, 0.15) is 31.7 Å². The second kappa shape index (κ2) is 4.67. The third-order valence-corrected chi connectivity index (χ3v) is 3.02. The Balaban J connectivity index is 1.78. The molecule has 0 heterocycles. The van der Waals surface area contributed by atoms with Crippen LogP contribution in [0.15, 0.2) is 24.3 Å². The van der Waals surface area contributed by atoms with Crippen LogP contribution in [-0.4, -0.2) is 11.1 Å². The Morgan fingerprint density at radius 1 is 1.40 bits per heavy atom. The highest BCUT2D eigenvalue weighted by atomic mass is 16.3. The van der Waals surface area contributed by atoms with E-state index in [1.807, 2.05) is 18.2 Å². The first-order valence-electron chi connectivity index (χ1n) is 5.76. The maximum atomic E-state index is 9.58. The summed E-state index contributed by atoms with van der Waals surface area (Å²) in [7, 11) is 0. The van der Waals surface area contributed by atoms with Crippen LogP contribution in [0.4, 0.5) is 0 Å². The lowest BCUT2D eigenvalue weighted by Gasteiger charge is -2.13. The summed E-state index contributed by atoms with van der Waals surface area (Å²) >= 11 is 0. The average molecular weight is 205 g/mol. The topological polar surface area (TPSA) is 32.3 Å². The Kier molecular flexibility index (Phi) is 3.27. The third-order valence-electron chi connectivity index (χ3n) is 3.02. The molecule has 0 radical (unpaired) electrons. The van der Waals surface area contributed by atoms with Crippen molar-refractivity contribution >= 4 is 0 Å². The molecule has 15 heavy (non-hydrogen) atoms. The summed E-state index contributed by atoms with van der Waals surface area (Å²) in [6, 6.07) is 8.07. The van der Waals surface area contributed by atoms with Gasteiger partial charge >= 0.3 is 0 Å². The number of para-hydroxylation sites is 1. The largest absolute Gasteiger partial charge is 0.508 e. The first-order valence-corrected chi connectivity index (χ1v) is 5.76. The van der Waals surface area contributed by atoms with E-state index in [2.05, 4.69) is 12.2 Å². The zero-order chi connectivity index (χ0) is 10.7. The minimum absolute atomic E-state index is 0.392. The molecule has 1 aliphatic carbocycles. The molecule has 82 valence electrons. The van der Waals surface area contributed by atoms with Crippen molar-refractivity contribution in [3.63, 3.8) is 0 Å². The molecule has 0 aromatic heterocycles. The van der Waals surface area contributed by atoms with E-state index < -0.39 is 0 Å². The lowest BCUT2D eigenvalue weighted by atomic mass is 10.1. The molecular formula is C13H19NO. The molecule has 2 heteroatoms. The SMILES string of the molecule is CC(CC1CC1)NCc1ccccc1O. The predicted octanol–water partition coefficient (Wildman–Crippen LogP) is 2.67. The molecule has 0 saturated heterocycles. The number of rotatable bonds is 5. The van der Waals surface area contributed by atoms with Crippen LogP contribution in [0, 0.1) is 5.92 Å². The monoisotopic (exact) mass is 205 g/mol. The van der Waals surface area contributed by atoms with Gasteiger partial charge in [0.05, 0.1) is 0 Å². The molecular weight excluding hydrogens is 186 g/mol. The zero-order valence-corrected chi connectivity index (χ0v) is 9.24. The van der Waals surface area contributed by atoms with Crippen molar-refractivity contribution in [3.8, 4) is 5.75 Å². The molecule has 2 nitrogen and oxygen atoms in total. The van der Waals surface area contributed by atoms with Gasteiger partial charge in [0.25, 0.3) is 0 Å². The molecule has 1 atom stereocenters. The molecule has 1 saturated carbocycles. The van der Waals surface area contributed by atoms with Gasteiger partial charge in [-0.1, -0.05) is 31.0 Å². The van der Waals surface area contributed by atoms with E-state index in [9.17, 15) is 5.11 Å². The Labute approximate surface area is 91.3 Å². The van der Waals surface area contributed by atoms with Gasteiger partial charge in [0.15, 0.2) is 0 Å². The molecule has 0 spiro atoms. The van der Waals surface area contributed by atoms with Crippen molar-refractivity contribution in [1.29, 1.82) is 0 Å². The van der Waals surface area contributed by atoms with Gasteiger partial charge in [-0.25, -0.2) is 0 Å². The van der Waals surface area contributed by atoms with E-state index in [1.54, 1.807) is 6.07 Å². The van der Waals surface area contributed by atoms with E-state index in [0.717, 1.165) is 18.0 Å². The molecule has 1 fully saturated rings. The van der Waals surface area contributed by atoms with E-state index in [4.69, 9.17) is 0 Å². The third kappa shape index (κ3) is 3.24. The molecule has 0 bridgehead atoms. The van der Waals surface area contributed by atoms with Gasteiger partial charge in [0.2, 0.25) is 0 Å². The van der Waals surface area contributed by atoms with Gasteiger partial charge in [-0.15, -0.1) is 0 Å². The maximum absolute atomic E-state index is 9.58. The van der Waals surface area contributed by atoms with Crippen LogP contribution in [0.25, 0.3) is 0 Å². The normalized spacial score (nSPS) is 17.7. The Morgan fingerprint density at radius 3 is 2.80 bits per heavy atom. The minimum atomic E-state index is 0.392. The summed E-state index contributed by atoms with van der Waals surface area (Å²) < 4.78 is 0. The van der Waals surface area contributed by atoms with Gasteiger partial charge in [0, 0.05) is 18.2 Å². The zero-order valence-electron chi connectivity index (χ0n) is 9.24. The van der Waals surface area contributed by atoms with E-state index >= 15 is 0 Å². The van der Waals surface area contributed by atoms with Gasteiger partial charge in [-0.05, 0) is 25.3 Å². The second-order valence-corrected chi connectivity index (χ2v) is 4.59. The quantitative estimate of drug-likeness (QED) is 0.774. The highest BCUT2D eigenvalue weighted by molar-refractivity contribution is 5.31. The number of phenols is 1.